The van der Waals surface area contributed by atoms with Crippen LogP contribution in [0.5, 0.6) is 5.75 Å². The fourth-order valence-electron chi connectivity index (χ4n) is 1.11. The number of aromatic hydroxyl groups is 1. The molecule has 0 aliphatic heterocycles. The Balaban J connectivity index is 2.69. The zero-order valence-corrected chi connectivity index (χ0v) is 12.3. The van der Waals surface area contributed by atoms with Gasteiger partial charge in [-0.05, 0) is 12.1 Å². The number of amides is 1. The molecule has 20 heavy (non-hydrogen) atoms. The standard InChI is InChI=1S/C12H14N2O4S2/c1-8(19-7-11(13)20(2,17)18)14-12(16)9-5-3-4-6-10(9)15/h3-7,15H,1,13H2,2H3,(H,14,16)/b11-7+. The zero-order valence-electron chi connectivity index (χ0n) is 10.7. The minimum absolute atomic E-state index is 0.0920. The highest BCUT2D eigenvalue weighted by Crippen LogP contribution is 2.19. The van der Waals surface area contributed by atoms with Crippen LogP contribution in [0.1, 0.15) is 10.4 Å². The molecule has 0 spiro atoms. The summed E-state index contributed by atoms with van der Waals surface area (Å²) >= 11 is 0.866. The van der Waals surface area contributed by atoms with Gasteiger partial charge in [0.1, 0.15) is 10.8 Å². The van der Waals surface area contributed by atoms with Gasteiger partial charge in [-0.2, -0.15) is 0 Å². The molecule has 0 bridgehead atoms. The maximum Gasteiger partial charge on any atom is 0.259 e. The van der Waals surface area contributed by atoms with Crippen molar-refractivity contribution in [1.29, 1.82) is 0 Å². The number of sulfone groups is 1. The van der Waals surface area contributed by atoms with E-state index < -0.39 is 15.7 Å². The average Bonchev–Trinajstić information content (AvgIpc) is 2.35. The van der Waals surface area contributed by atoms with Gasteiger partial charge in [0.2, 0.25) is 0 Å². The largest absolute Gasteiger partial charge is 0.507 e. The number of thioether (sulfide) groups is 1. The SMILES string of the molecule is C=C(NC(=O)c1ccccc1O)S/C=C(\N)S(C)(=O)=O. The van der Waals surface area contributed by atoms with Gasteiger partial charge in [0.05, 0.1) is 10.6 Å². The lowest BCUT2D eigenvalue weighted by Gasteiger charge is -2.07. The number of nitrogens with two attached hydrogens (primary N) is 1. The molecule has 6 nitrogen and oxygen atoms in total. The van der Waals surface area contributed by atoms with Crippen LogP contribution in [-0.2, 0) is 9.84 Å². The van der Waals surface area contributed by atoms with Crippen LogP contribution in [-0.4, -0.2) is 25.7 Å². The van der Waals surface area contributed by atoms with E-state index in [1.807, 2.05) is 0 Å². The Kier molecular flexibility index (Phi) is 5.23. The Morgan fingerprint density at radius 1 is 1.45 bits per heavy atom. The third-order valence-corrected chi connectivity index (χ3v) is 4.03. The summed E-state index contributed by atoms with van der Waals surface area (Å²) in [6.07, 6.45) is 0.975. The van der Waals surface area contributed by atoms with Gasteiger partial charge in [0.25, 0.3) is 5.91 Å². The van der Waals surface area contributed by atoms with Crippen LogP contribution in [0.4, 0.5) is 0 Å². The molecular weight excluding hydrogens is 300 g/mol. The monoisotopic (exact) mass is 314 g/mol. The number of phenolic OH excluding ortho intramolecular Hbond substituents is 1. The summed E-state index contributed by atoms with van der Waals surface area (Å²) in [7, 11) is -3.46. The van der Waals surface area contributed by atoms with E-state index in [4.69, 9.17) is 5.73 Å². The Morgan fingerprint density at radius 3 is 2.60 bits per heavy atom. The van der Waals surface area contributed by atoms with Crippen molar-refractivity contribution < 1.29 is 18.3 Å². The number of phenols is 1. The van der Waals surface area contributed by atoms with E-state index in [1.165, 1.54) is 17.5 Å². The lowest BCUT2D eigenvalue weighted by Crippen LogP contribution is -2.20. The molecule has 0 atom stereocenters. The topological polar surface area (TPSA) is 109 Å². The third kappa shape index (κ3) is 4.63. The second-order valence-corrected chi connectivity index (χ2v) is 6.78. The number of benzene rings is 1. The predicted molar refractivity (Wildman–Crippen MR) is 79.4 cm³/mol. The molecule has 0 aromatic heterocycles. The van der Waals surface area contributed by atoms with Crippen molar-refractivity contribution in [3.05, 3.63) is 51.9 Å². The Hall–Kier alpha value is -1.93. The Bertz CT molecular complexity index is 666. The first-order chi connectivity index (χ1) is 9.21. The van der Waals surface area contributed by atoms with E-state index in [-0.39, 0.29) is 21.4 Å². The van der Waals surface area contributed by atoms with Crippen molar-refractivity contribution in [3.8, 4) is 5.75 Å². The van der Waals surface area contributed by atoms with Crippen LogP contribution in [0, 0.1) is 0 Å². The van der Waals surface area contributed by atoms with E-state index in [0.717, 1.165) is 18.0 Å². The molecule has 108 valence electrons. The molecular formula is C12H14N2O4S2. The number of carbonyl (C=O) groups is 1. The van der Waals surface area contributed by atoms with Crippen LogP contribution in [0.15, 0.2) is 46.3 Å². The average molecular weight is 314 g/mol. The smallest absolute Gasteiger partial charge is 0.259 e. The van der Waals surface area contributed by atoms with Gasteiger partial charge < -0.3 is 16.2 Å². The summed E-state index contributed by atoms with van der Waals surface area (Å²) in [6, 6.07) is 6.02. The van der Waals surface area contributed by atoms with E-state index in [0.29, 0.717) is 0 Å². The number of nitrogens with one attached hydrogen (secondary N) is 1. The lowest BCUT2D eigenvalue weighted by molar-refractivity contribution is 0.0966. The Labute approximate surface area is 121 Å². The minimum Gasteiger partial charge on any atom is -0.507 e. The molecule has 0 fully saturated rings. The number of hydrogen-bond donors (Lipinski definition) is 3. The number of hydrogen-bond acceptors (Lipinski definition) is 6. The summed E-state index contributed by atoms with van der Waals surface area (Å²) in [5.41, 5.74) is 5.42. The summed E-state index contributed by atoms with van der Waals surface area (Å²) in [4.78, 5) is 11.8. The summed E-state index contributed by atoms with van der Waals surface area (Å²) in [5, 5.41) is 13.0. The van der Waals surface area contributed by atoms with Crippen LogP contribution < -0.4 is 11.1 Å². The highest BCUT2D eigenvalue weighted by atomic mass is 32.2. The van der Waals surface area contributed by atoms with Gasteiger partial charge in [-0.3, -0.25) is 4.79 Å². The van der Waals surface area contributed by atoms with Crippen molar-refractivity contribution >= 4 is 27.5 Å². The van der Waals surface area contributed by atoms with Gasteiger partial charge >= 0.3 is 0 Å². The van der Waals surface area contributed by atoms with Crippen LogP contribution in [0.3, 0.4) is 0 Å². The second-order valence-electron chi connectivity index (χ2n) is 3.80. The fourth-order valence-corrected chi connectivity index (χ4v) is 2.36. The van der Waals surface area contributed by atoms with Gasteiger partial charge in [-0.25, -0.2) is 8.42 Å². The minimum atomic E-state index is -3.46. The Morgan fingerprint density at radius 2 is 2.05 bits per heavy atom. The quantitative estimate of drug-likeness (QED) is 0.751. The van der Waals surface area contributed by atoms with E-state index in [9.17, 15) is 18.3 Å². The first kappa shape index (κ1) is 16.1. The van der Waals surface area contributed by atoms with Gasteiger partial charge in [-0.15, -0.1) is 0 Å². The summed E-state index contributed by atoms with van der Waals surface area (Å²) < 4.78 is 22.2. The summed E-state index contributed by atoms with van der Waals surface area (Å²) in [6.45, 7) is 3.56. The van der Waals surface area contributed by atoms with Crippen molar-refractivity contribution in [2.24, 2.45) is 5.73 Å². The van der Waals surface area contributed by atoms with Crippen LogP contribution in [0.2, 0.25) is 0 Å². The molecule has 4 N–H and O–H groups in total. The first-order valence-corrected chi connectivity index (χ1v) is 8.09. The van der Waals surface area contributed by atoms with Gasteiger partial charge in [-0.1, -0.05) is 30.5 Å². The molecule has 0 aliphatic carbocycles. The van der Waals surface area contributed by atoms with Gasteiger partial charge in [0.15, 0.2) is 9.84 Å². The molecule has 1 rings (SSSR count). The molecule has 0 aliphatic rings. The van der Waals surface area contributed by atoms with E-state index in [1.54, 1.807) is 12.1 Å². The first-order valence-electron chi connectivity index (χ1n) is 5.32. The van der Waals surface area contributed by atoms with E-state index >= 15 is 0 Å². The number of rotatable bonds is 5. The summed E-state index contributed by atoms with van der Waals surface area (Å²) in [5.74, 6) is -0.707. The van der Waals surface area contributed by atoms with Crippen LogP contribution >= 0.6 is 11.8 Å². The van der Waals surface area contributed by atoms with Crippen molar-refractivity contribution in [2.45, 2.75) is 0 Å². The van der Waals surface area contributed by atoms with E-state index in [2.05, 4.69) is 11.9 Å². The molecule has 1 aromatic rings. The maximum absolute atomic E-state index is 11.8. The molecule has 0 unspecified atom stereocenters. The molecule has 1 amide bonds. The number of para-hydroxylation sites is 1. The van der Waals surface area contributed by atoms with Crippen LogP contribution in [0.25, 0.3) is 0 Å². The lowest BCUT2D eigenvalue weighted by atomic mass is 10.2. The highest BCUT2D eigenvalue weighted by molar-refractivity contribution is 8.06. The van der Waals surface area contributed by atoms with Crippen molar-refractivity contribution in [2.75, 3.05) is 6.26 Å². The second kappa shape index (κ2) is 6.49. The maximum atomic E-state index is 11.8. The third-order valence-electron chi connectivity index (χ3n) is 2.15. The molecule has 0 radical (unpaired) electrons. The molecule has 8 heteroatoms. The zero-order chi connectivity index (χ0) is 15.3. The van der Waals surface area contributed by atoms with Gasteiger partial charge in [0, 0.05) is 11.7 Å². The molecule has 1 aromatic carbocycles. The molecule has 0 saturated heterocycles. The highest BCUT2D eigenvalue weighted by Gasteiger charge is 2.11. The number of carbonyl (C=O) groups excluding carboxylic acids is 1. The molecule has 0 saturated carbocycles. The fraction of sp³-hybridized carbons (Fsp3) is 0.0833. The predicted octanol–water partition coefficient (Wildman–Crippen LogP) is 1.13. The van der Waals surface area contributed by atoms with Crippen molar-refractivity contribution in [3.63, 3.8) is 0 Å². The molecule has 0 heterocycles. The normalized spacial score (nSPS) is 11.9. The van der Waals surface area contributed by atoms with Crippen molar-refractivity contribution in [1.82, 2.24) is 5.32 Å².